The first-order valence-corrected chi connectivity index (χ1v) is 11.5. The molecule has 0 aliphatic carbocycles. The molecule has 1 saturated heterocycles. The second kappa shape index (κ2) is 9.99. The molecule has 8 heteroatoms. The van der Waals surface area contributed by atoms with Gasteiger partial charge in [0.2, 0.25) is 5.91 Å². The van der Waals surface area contributed by atoms with Gasteiger partial charge < -0.3 is 9.73 Å². The Bertz CT molecular complexity index is 1250. The number of nitrogens with zero attached hydrogens (tertiary/aromatic N) is 2. The van der Waals surface area contributed by atoms with Gasteiger partial charge in [-0.3, -0.25) is 14.5 Å². The monoisotopic (exact) mass is 477 g/mol. The number of hydrogen-bond acceptors (Lipinski definition) is 5. The number of furan rings is 1. The molecule has 2 heterocycles. The summed E-state index contributed by atoms with van der Waals surface area (Å²) in [5.74, 6) is -0.190. The average Bonchev–Trinajstić information content (AvgIpc) is 3.42. The lowest BCUT2D eigenvalue weighted by Crippen LogP contribution is -2.32. The minimum atomic E-state index is -0.565. The summed E-state index contributed by atoms with van der Waals surface area (Å²) in [6, 6.07) is 20.2. The highest BCUT2D eigenvalue weighted by Gasteiger charge is 2.40. The Labute approximate surface area is 200 Å². The van der Waals surface area contributed by atoms with Gasteiger partial charge in [-0.15, -0.1) is 0 Å². The first kappa shape index (κ1) is 22.7. The lowest BCUT2D eigenvalue weighted by Gasteiger charge is -2.19. The number of carbonyl (C=O) groups is 2. The number of aryl methyl sites for hydroxylation is 1. The van der Waals surface area contributed by atoms with Gasteiger partial charge in [0.1, 0.15) is 22.4 Å². The van der Waals surface area contributed by atoms with Crippen molar-refractivity contribution >= 4 is 40.9 Å². The Morgan fingerprint density at radius 1 is 1.21 bits per heavy atom. The smallest absolute Gasteiger partial charge is 0.265 e. The summed E-state index contributed by atoms with van der Waals surface area (Å²) >= 11 is 7.33. The molecule has 2 aromatic carbocycles. The van der Waals surface area contributed by atoms with Crippen molar-refractivity contribution in [1.29, 1.82) is 5.26 Å². The van der Waals surface area contributed by atoms with Crippen molar-refractivity contribution in [2.45, 2.75) is 25.1 Å². The van der Waals surface area contributed by atoms with E-state index in [-0.39, 0.29) is 18.0 Å². The van der Waals surface area contributed by atoms with E-state index in [9.17, 15) is 14.9 Å². The van der Waals surface area contributed by atoms with Crippen molar-refractivity contribution in [3.8, 4) is 6.07 Å². The summed E-state index contributed by atoms with van der Waals surface area (Å²) in [5.41, 5.74) is 2.43. The van der Waals surface area contributed by atoms with Crippen molar-refractivity contribution in [1.82, 2.24) is 5.32 Å². The number of hydrogen-bond donors (Lipinski definition) is 1. The molecule has 1 aromatic heterocycles. The van der Waals surface area contributed by atoms with E-state index in [1.165, 1.54) is 22.9 Å². The summed E-state index contributed by atoms with van der Waals surface area (Å²) < 4.78 is 5.24. The molecule has 0 radical (unpaired) electrons. The molecule has 166 valence electrons. The molecule has 1 aliphatic rings. The molecule has 1 fully saturated rings. The van der Waals surface area contributed by atoms with Gasteiger partial charge in [-0.1, -0.05) is 53.2 Å². The van der Waals surface area contributed by atoms with Crippen LogP contribution in [0.25, 0.3) is 0 Å². The quantitative estimate of drug-likeness (QED) is 0.399. The van der Waals surface area contributed by atoms with Crippen LogP contribution in [0.4, 0.5) is 5.69 Å². The molecular formula is C25H20ClN3O3S. The Kier molecular flexibility index (Phi) is 6.87. The number of benzene rings is 2. The molecule has 1 atom stereocenters. The zero-order valence-electron chi connectivity index (χ0n) is 17.7. The zero-order chi connectivity index (χ0) is 23.4. The SMILES string of the molecule is Cc1ccc(N2C(=O)[C@@H](Cc3cccc(Cl)c3)S/C2=C(\C#N)C(=O)NCc2ccco2)cc1. The van der Waals surface area contributed by atoms with Gasteiger partial charge in [0.25, 0.3) is 5.91 Å². The summed E-state index contributed by atoms with van der Waals surface area (Å²) in [5, 5.41) is 13.0. The van der Waals surface area contributed by atoms with Crippen molar-refractivity contribution in [2.75, 3.05) is 4.90 Å². The maximum Gasteiger partial charge on any atom is 0.265 e. The van der Waals surface area contributed by atoms with Crippen LogP contribution in [0, 0.1) is 18.3 Å². The molecule has 0 unspecified atom stereocenters. The van der Waals surface area contributed by atoms with Crippen molar-refractivity contribution in [3.05, 3.63) is 99.4 Å². The maximum absolute atomic E-state index is 13.5. The van der Waals surface area contributed by atoms with Crippen LogP contribution >= 0.6 is 23.4 Å². The first-order chi connectivity index (χ1) is 16.0. The van der Waals surface area contributed by atoms with E-state index >= 15 is 0 Å². The van der Waals surface area contributed by atoms with Crippen LogP contribution in [-0.2, 0) is 22.6 Å². The number of halogens is 1. The lowest BCUT2D eigenvalue weighted by atomic mass is 10.1. The van der Waals surface area contributed by atoms with Crippen LogP contribution in [-0.4, -0.2) is 17.1 Å². The second-order valence-corrected chi connectivity index (χ2v) is 9.13. The highest BCUT2D eigenvalue weighted by atomic mass is 35.5. The summed E-state index contributed by atoms with van der Waals surface area (Å²) in [7, 11) is 0. The van der Waals surface area contributed by atoms with Gasteiger partial charge in [0.15, 0.2) is 0 Å². The maximum atomic E-state index is 13.5. The molecule has 33 heavy (non-hydrogen) atoms. The molecule has 2 amide bonds. The third kappa shape index (κ3) is 5.14. The van der Waals surface area contributed by atoms with Crippen LogP contribution in [0.5, 0.6) is 0 Å². The van der Waals surface area contributed by atoms with Crippen LogP contribution in [0.15, 0.2) is 81.9 Å². The third-order valence-corrected chi connectivity index (χ3v) is 6.61. The van der Waals surface area contributed by atoms with E-state index in [2.05, 4.69) is 5.32 Å². The molecule has 0 spiro atoms. The van der Waals surface area contributed by atoms with Gasteiger partial charge >= 0.3 is 0 Å². The molecule has 0 saturated carbocycles. The third-order valence-electron chi connectivity index (χ3n) is 5.11. The van der Waals surface area contributed by atoms with Gasteiger partial charge in [0, 0.05) is 10.7 Å². The Balaban J connectivity index is 1.68. The molecule has 3 aromatic rings. The normalized spacial score (nSPS) is 17.1. The fourth-order valence-corrected chi connectivity index (χ4v) is 4.98. The minimum Gasteiger partial charge on any atom is -0.467 e. The van der Waals surface area contributed by atoms with Crippen LogP contribution < -0.4 is 10.2 Å². The first-order valence-electron chi connectivity index (χ1n) is 10.2. The molecule has 1 N–H and O–H groups in total. The highest BCUT2D eigenvalue weighted by molar-refractivity contribution is 8.05. The second-order valence-electron chi connectivity index (χ2n) is 7.50. The van der Waals surface area contributed by atoms with E-state index in [4.69, 9.17) is 16.0 Å². The van der Waals surface area contributed by atoms with Gasteiger partial charge in [-0.2, -0.15) is 5.26 Å². The van der Waals surface area contributed by atoms with Crippen molar-refractivity contribution < 1.29 is 14.0 Å². The zero-order valence-corrected chi connectivity index (χ0v) is 19.3. The Morgan fingerprint density at radius 2 is 2.00 bits per heavy atom. The van der Waals surface area contributed by atoms with Crippen molar-refractivity contribution in [2.24, 2.45) is 0 Å². The fourth-order valence-electron chi connectivity index (χ4n) is 3.46. The molecule has 0 bridgehead atoms. The van der Waals surface area contributed by atoms with Crippen molar-refractivity contribution in [3.63, 3.8) is 0 Å². The van der Waals surface area contributed by atoms with E-state index in [1.54, 1.807) is 18.2 Å². The number of anilines is 1. The van der Waals surface area contributed by atoms with Gasteiger partial charge in [0.05, 0.1) is 18.1 Å². The largest absolute Gasteiger partial charge is 0.467 e. The molecule has 4 rings (SSSR count). The number of thioether (sulfide) groups is 1. The number of amides is 2. The summed E-state index contributed by atoms with van der Waals surface area (Å²) in [6.07, 6.45) is 1.93. The molecule has 6 nitrogen and oxygen atoms in total. The lowest BCUT2D eigenvalue weighted by molar-refractivity contribution is -0.117. The van der Waals surface area contributed by atoms with Gasteiger partial charge in [-0.25, -0.2) is 0 Å². The predicted molar refractivity (Wildman–Crippen MR) is 128 cm³/mol. The average molecular weight is 478 g/mol. The van der Waals surface area contributed by atoms with E-state index in [0.717, 1.165) is 11.1 Å². The minimum absolute atomic E-state index is 0.117. The highest BCUT2D eigenvalue weighted by Crippen LogP contribution is 2.42. The number of nitrogens with one attached hydrogen (secondary N) is 1. The molecular weight excluding hydrogens is 458 g/mol. The Hall–Kier alpha value is -3.47. The predicted octanol–water partition coefficient (Wildman–Crippen LogP) is 4.98. The van der Waals surface area contributed by atoms with Gasteiger partial charge in [-0.05, 0) is 55.3 Å². The van der Waals surface area contributed by atoms with E-state index in [1.807, 2.05) is 55.5 Å². The Morgan fingerprint density at radius 3 is 2.67 bits per heavy atom. The summed E-state index contributed by atoms with van der Waals surface area (Å²) in [4.78, 5) is 27.8. The fraction of sp³-hybridized carbons (Fsp3) is 0.160. The molecule has 1 aliphatic heterocycles. The standard InChI is InChI=1S/C25H20ClN3O3S/c1-16-7-9-19(10-8-16)29-24(31)22(13-17-4-2-5-18(26)12-17)33-25(29)21(14-27)23(30)28-15-20-6-3-11-32-20/h2-12,22H,13,15H2,1H3,(H,28,30)/b25-21+/t22-/m1/s1. The van der Waals surface area contributed by atoms with Crippen LogP contribution in [0.1, 0.15) is 16.9 Å². The van der Waals surface area contributed by atoms with E-state index in [0.29, 0.717) is 27.9 Å². The number of rotatable bonds is 6. The van der Waals surface area contributed by atoms with Crippen LogP contribution in [0.2, 0.25) is 5.02 Å². The topological polar surface area (TPSA) is 86.3 Å². The van der Waals surface area contributed by atoms with E-state index < -0.39 is 11.2 Å². The number of carbonyl (C=O) groups excluding carboxylic acids is 2. The number of nitriles is 1. The summed E-state index contributed by atoms with van der Waals surface area (Å²) in [6.45, 7) is 2.09. The van der Waals surface area contributed by atoms with Crippen LogP contribution in [0.3, 0.4) is 0 Å².